The SMILES string of the molecule is NC[C@H]1CN2CCCC2CO1. The normalized spacial score (nSPS) is 39.0. The van der Waals surface area contributed by atoms with Crippen LogP contribution in [-0.2, 0) is 4.74 Å². The number of ether oxygens (including phenoxy) is 1. The molecule has 2 saturated heterocycles. The molecule has 2 fully saturated rings. The van der Waals surface area contributed by atoms with Gasteiger partial charge in [0, 0.05) is 19.1 Å². The number of nitrogens with zero attached hydrogens (tertiary/aromatic N) is 1. The minimum absolute atomic E-state index is 0.296. The lowest BCUT2D eigenvalue weighted by Crippen LogP contribution is -2.48. The van der Waals surface area contributed by atoms with E-state index in [1.807, 2.05) is 0 Å². The maximum atomic E-state index is 5.57. The van der Waals surface area contributed by atoms with E-state index < -0.39 is 0 Å². The molecule has 2 rings (SSSR count). The smallest absolute Gasteiger partial charge is 0.0824 e. The predicted molar refractivity (Wildman–Crippen MR) is 43.4 cm³/mol. The molecular formula is C8H16N2O. The van der Waals surface area contributed by atoms with Crippen LogP contribution in [-0.4, -0.2) is 43.3 Å². The van der Waals surface area contributed by atoms with E-state index in [0.717, 1.165) is 13.2 Å². The van der Waals surface area contributed by atoms with Gasteiger partial charge in [-0.15, -0.1) is 0 Å². The molecule has 0 aromatic carbocycles. The summed E-state index contributed by atoms with van der Waals surface area (Å²) in [5.74, 6) is 0. The van der Waals surface area contributed by atoms with Crippen LogP contribution < -0.4 is 5.73 Å². The zero-order chi connectivity index (χ0) is 7.68. The summed E-state index contributed by atoms with van der Waals surface area (Å²) in [6.45, 7) is 3.89. The predicted octanol–water partition coefficient (Wildman–Crippen LogP) is -0.192. The second-order valence-corrected chi connectivity index (χ2v) is 3.48. The molecule has 2 atom stereocenters. The Balaban J connectivity index is 1.91. The van der Waals surface area contributed by atoms with Crippen LogP contribution in [0.2, 0.25) is 0 Å². The van der Waals surface area contributed by atoms with Gasteiger partial charge in [0.25, 0.3) is 0 Å². The van der Waals surface area contributed by atoms with E-state index in [9.17, 15) is 0 Å². The summed E-state index contributed by atoms with van der Waals surface area (Å²) in [6, 6.07) is 0.706. The van der Waals surface area contributed by atoms with Crippen molar-refractivity contribution in [1.82, 2.24) is 4.90 Å². The molecule has 3 heteroatoms. The molecule has 0 spiro atoms. The number of hydrogen-bond acceptors (Lipinski definition) is 3. The van der Waals surface area contributed by atoms with Crippen LogP contribution in [0.3, 0.4) is 0 Å². The Kier molecular flexibility index (Phi) is 2.11. The van der Waals surface area contributed by atoms with Crippen LogP contribution in [0.15, 0.2) is 0 Å². The molecule has 0 aliphatic carbocycles. The van der Waals surface area contributed by atoms with E-state index in [-0.39, 0.29) is 0 Å². The number of hydrogen-bond donors (Lipinski definition) is 1. The molecule has 2 aliphatic heterocycles. The van der Waals surface area contributed by atoms with Crippen LogP contribution in [0.4, 0.5) is 0 Å². The Bertz CT molecular complexity index is 140. The minimum Gasteiger partial charge on any atom is -0.374 e. The molecule has 0 radical (unpaired) electrons. The van der Waals surface area contributed by atoms with Gasteiger partial charge in [-0.05, 0) is 19.4 Å². The van der Waals surface area contributed by atoms with Crippen LogP contribution in [0.5, 0.6) is 0 Å². The highest BCUT2D eigenvalue weighted by Gasteiger charge is 2.31. The van der Waals surface area contributed by atoms with Gasteiger partial charge in [0.05, 0.1) is 12.7 Å². The first-order chi connectivity index (χ1) is 5.40. The Labute approximate surface area is 67.5 Å². The van der Waals surface area contributed by atoms with Crippen LogP contribution in [0, 0.1) is 0 Å². The lowest BCUT2D eigenvalue weighted by molar-refractivity contribution is -0.0434. The number of fused-ring (bicyclic) bond motifs is 1. The van der Waals surface area contributed by atoms with Crippen molar-refractivity contribution < 1.29 is 4.74 Å². The summed E-state index contributed by atoms with van der Waals surface area (Å²) in [4.78, 5) is 2.51. The summed E-state index contributed by atoms with van der Waals surface area (Å²) in [7, 11) is 0. The standard InChI is InChI=1S/C8H16N2O/c9-4-8-5-10-3-1-2-7(10)6-11-8/h7-8H,1-6,9H2/t7?,8-/m0/s1. The third kappa shape index (κ3) is 1.41. The maximum Gasteiger partial charge on any atom is 0.0824 e. The third-order valence-corrected chi connectivity index (χ3v) is 2.72. The van der Waals surface area contributed by atoms with Gasteiger partial charge in [-0.25, -0.2) is 0 Å². The van der Waals surface area contributed by atoms with E-state index in [1.165, 1.54) is 19.4 Å². The van der Waals surface area contributed by atoms with E-state index in [2.05, 4.69) is 4.90 Å². The topological polar surface area (TPSA) is 38.5 Å². The van der Waals surface area contributed by atoms with Crippen molar-refractivity contribution in [2.75, 3.05) is 26.2 Å². The van der Waals surface area contributed by atoms with Crippen LogP contribution in [0.1, 0.15) is 12.8 Å². The van der Waals surface area contributed by atoms with Gasteiger partial charge in [0.2, 0.25) is 0 Å². The quantitative estimate of drug-likeness (QED) is 0.572. The molecule has 0 saturated carbocycles. The van der Waals surface area contributed by atoms with Crippen molar-refractivity contribution in [2.45, 2.75) is 25.0 Å². The van der Waals surface area contributed by atoms with Crippen molar-refractivity contribution in [3.63, 3.8) is 0 Å². The van der Waals surface area contributed by atoms with Gasteiger partial charge >= 0.3 is 0 Å². The highest BCUT2D eigenvalue weighted by molar-refractivity contribution is 4.85. The highest BCUT2D eigenvalue weighted by atomic mass is 16.5. The second kappa shape index (κ2) is 3.09. The lowest BCUT2D eigenvalue weighted by Gasteiger charge is -2.34. The van der Waals surface area contributed by atoms with Crippen molar-refractivity contribution in [1.29, 1.82) is 0 Å². The maximum absolute atomic E-state index is 5.57. The summed E-state index contributed by atoms with van der Waals surface area (Å²) in [5.41, 5.74) is 5.53. The van der Waals surface area contributed by atoms with Gasteiger partial charge in [0.15, 0.2) is 0 Å². The van der Waals surface area contributed by atoms with Gasteiger partial charge in [0.1, 0.15) is 0 Å². The third-order valence-electron chi connectivity index (χ3n) is 2.72. The molecule has 2 N–H and O–H groups in total. The van der Waals surface area contributed by atoms with E-state index in [1.54, 1.807) is 0 Å². The summed E-state index contributed by atoms with van der Waals surface area (Å²) in [5, 5.41) is 0. The lowest BCUT2D eigenvalue weighted by atomic mass is 10.2. The van der Waals surface area contributed by atoms with Gasteiger partial charge in [-0.1, -0.05) is 0 Å². The summed E-state index contributed by atoms with van der Waals surface area (Å²) in [6.07, 6.45) is 2.95. The van der Waals surface area contributed by atoms with Crippen molar-refractivity contribution >= 4 is 0 Å². The minimum atomic E-state index is 0.296. The van der Waals surface area contributed by atoms with E-state index in [0.29, 0.717) is 18.7 Å². The molecule has 64 valence electrons. The van der Waals surface area contributed by atoms with Crippen LogP contribution >= 0.6 is 0 Å². The van der Waals surface area contributed by atoms with Crippen molar-refractivity contribution in [3.05, 3.63) is 0 Å². The fourth-order valence-electron chi connectivity index (χ4n) is 2.03. The highest BCUT2D eigenvalue weighted by Crippen LogP contribution is 2.21. The molecule has 2 aliphatic rings. The first-order valence-electron chi connectivity index (χ1n) is 4.46. The molecule has 1 unspecified atom stereocenters. The van der Waals surface area contributed by atoms with Crippen LogP contribution in [0.25, 0.3) is 0 Å². The molecule has 11 heavy (non-hydrogen) atoms. The van der Waals surface area contributed by atoms with Crippen molar-refractivity contribution in [3.8, 4) is 0 Å². The van der Waals surface area contributed by atoms with Gasteiger partial charge in [-0.2, -0.15) is 0 Å². The number of morpholine rings is 1. The molecule has 0 bridgehead atoms. The monoisotopic (exact) mass is 156 g/mol. The number of nitrogens with two attached hydrogens (primary N) is 1. The second-order valence-electron chi connectivity index (χ2n) is 3.48. The molecule has 0 aromatic rings. The zero-order valence-corrected chi connectivity index (χ0v) is 6.83. The zero-order valence-electron chi connectivity index (χ0n) is 6.83. The summed E-state index contributed by atoms with van der Waals surface area (Å²) < 4.78 is 5.57. The van der Waals surface area contributed by atoms with Gasteiger partial charge < -0.3 is 10.5 Å². The molecule has 0 aromatic heterocycles. The first-order valence-corrected chi connectivity index (χ1v) is 4.46. The molecule has 3 nitrogen and oxygen atoms in total. The molecule has 2 heterocycles. The number of rotatable bonds is 1. The Hall–Kier alpha value is -0.120. The van der Waals surface area contributed by atoms with Crippen molar-refractivity contribution in [2.24, 2.45) is 5.73 Å². The molecular weight excluding hydrogens is 140 g/mol. The fraction of sp³-hybridized carbons (Fsp3) is 1.00. The summed E-state index contributed by atoms with van der Waals surface area (Å²) >= 11 is 0. The average Bonchev–Trinajstić information content (AvgIpc) is 2.50. The largest absolute Gasteiger partial charge is 0.374 e. The van der Waals surface area contributed by atoms with E-state index in [4.69, 9.17) is 10.5 Å². The average molecular weight is 156 g/mol. The fourth-order valence-corrected chi connectivity index (χ4v) is 2.03. The van der Waals surface area contributed by atoms with Gasteiger partial charge in [-0.3, -0.25) is 4.90 Å². The van der Waals surface area contributed by atoms with E-state index >= 15 is 0 Å². The Morgan fingerprint density at radius 2 is 2.45 bits per heavy atom. The Morgan fingerprint density at radius 1 is 1.55 bits per heavy atom. The Morgan fingerprint density at radius 3 is 3.27 bits per heavy atom. The molecule has 0 amide bonds. The first kappa shape index (κ1) is 7.53.